The molecule has 0 heterocycles. The van der Waals surface area contributed by atoms with E-state index in [0.29, 0.717) is 6.04 Å². The number of thioether (sulfide) groups is 1. The van der Waals surface area contributed by atoms with Crippen molar-refractivity contribution in [1.29, 1.82) is 0 Å². The van der Waals surface area contributed by atoms with Gasteiger partial charge in [0.15, 0.2) is 5.96 Å². The minimum Gasteiger partial charge on any atom is -0.355 e. The van der Waals surface area contributed by atoms with Gasteiger partial charge in [-0.2, -0.15) is 11.8 Å². The van der Waals surface area contributed by atoms with Gasteiger partial charge in [-0.25, -0.2) is 0 Å². The Balaban J connectivity index is 0.00000361. The molecule has 1 saturated carbocycles. The maximum atomic E-state index is 4.28. The number of aliphatic imine (C=N–C) groups is 1. The molecule has 1 rings (SSSR count). The molecule has 0 bridgehead atoms. The summed E-state index contributed by atoms with van der Waals surface area (Å²) in [7, 11) is 4.05. The Labute approximate surface area is 145 Å². The summed E-state index contributed by atoms with van der Waals surface area (Å²) in [5, 5.41) is 6.82. The van der Waals surface area contributed by atoms with Gasteiger partial charge in [0.05, 0.1) is 0 Å². The van der Waals surface area contributed by atoms with E-state index in [-0.39, 0.29) is 28.7 Å². The zero-order chi connectivity index (χ0) is 14.5. The van der Waals surface area contributed by atoms with Crippen molar-refractivity contribution in [3.05, 3.63) is 0 Å². The van der Waals surface area contributed by atoms with E-state index >= 15 is 0 Å². The number of nitrogens with zero attached hydrogens (tertiary/aromatic N) is 2. The van der Waals surface area contributed by atoms with E-state index in [1.807, 2.05) is 18.8 Å². The lowest BCUT2D eigenvalue weighted by atomic mass is 10.2. The van der Waals surface area contributed by atoms with Crippen molar-refractivity contribution < 1.29 is 0 Å². The molecule has 1 unspecified atom stereocenters. The number of guanidine groups is 1. The first-order valence-electron chi connectivity index (χ1n) is 7.11. The first kappa shape index (κ1) is 20.3. The van der Waals surface area contributed by atoms with Gasteiger partial charge in [0.2, 0.25) is 0 Å². The molecule has 1 aliphatic rings. The number of nitrogens with one attached hydrogen (secondary N) is 2. The van der Waals surface area contributed by atoms with Crippen molar-refractivity contribution in [3.63, 3.8) is 0 Å². The van der Waals surface area contributed by atoms with Crippen LogP contribution in [0.4, 0.5) is 0 Å². The quantitative estimate of drug-likeness (QED) is 0.381. The Bertz CT molecular complexity index is 306. The number of hydrogen-bond acceptors (Lipinski definition) is 3. The van der Waals surface area contributed by atoms with Crippen LogP contribution in [0.1, 0.15) is 33.6 Å². The SMILES string of the molecule is CN=C(NCC(C)N(C)C1CC1)NCC(C)(C)SC.I. The van der Waals surface area contributed by atoms with Gasteiger partial charge in [0.1, 0.15) is 0 Å². The van der Waals surface area contributed by atoms with E-state index in [4.69, 9.17) is 0 Å². The zero-order valence-electron chi connectivity index (χ0n) is 13.7. The number of halogens is 1. The predicted octanol–water partition coefficient (Wildman–Crippen LogP) is 2.39. The van der Waals surface area contributed by atoms with Crippen LogP contribution in [0, 0.1) is 0 Å². The highest BCUT2D eigenvalue weighted by atomic mass is 127. The molecule has 0 aromatic carbocycles. The average molecular weight is 414 g/mol. The maximum Gasteiger partial charge on any atom is 0.191 e. The maximum absolute atomic E-state index is 4.28. The van der Waals surface area contributed by atoms with Gasteiger partial charge in [-0.3, -0.25) is 9.89 Å². The highest BCUT2D eigenvalue weighted by Gasteiger charge is 2.29. The second-order valence-electron chi connectivity index (χ2n) is 6.02. The van der Waals surface area contributed by atoms with Gasteiger partial charge >= 0.3 is 0 Å². The molecule has 0 radical (unpaired) electrons. The molecule has 1 fully saturated rings. The van der Waals surface area contributed by atoms with Gasteiger partial charge in [-0.1, -0.05) is 0 Å². The van der Waals surface area contributed by atoms with Crippen molar-refractivity contribution in [3.8, 4) is 0 Å². The van der Waals surface area contributed by atoms with Crippen molar-refractivity contribution in [1.82, 2.24) is 15.5 Å². The Morgan fingerprint density at radius 3 is 2.45 bits per heavy atom. The van der Waals surface area contributed by atoms with E-state index in [0.717, 1.165) is 25.1 Å². The molecular weight excluding hydrogens is 383 g/mol. The molecule has 4 nitrogen and oxygen atoms in total. The third-order valence-electron chi connectivity index (χ3n) is 3.84. The largest absolute Gasteiger partial charge is 0.355 e. The summed E-state index contributed by atoms with van der Waals surface area (Å²) in [4.78, 5) is 6.75. The lowest BCUT2D eigenvalue weighted by Crippen LogP contribution is -2.47. The van der Waals surface area contributed by atoms with E-state index in [9.17, 15) is 0 Å². The molecule has 0 aliphatic heterocycles. The molecule has 2 N–H and O–H groups in total. The Hall–Kier alpha value is 0.310. The molecular formula is C14H31IN4S. The van der Waals surface area contributed by atoms with Crippen LogP contribution in [0.25, 0.3) is 0 Å². The number of rotatable bonds is 7. The standard InChI is InChI=1S/C14H30N4S.HI/c1-11(18(5)12-7-8-12)9-16-13(15-4)17-10-14(2,3)19-6;/h11-12H,7-10H2,1-6H3,(H2,15,16,17);1H. The van der Waals surface area contributed by atoms with Crippen LogP contribution in [0.5, 0.6) is 0 Å². The highest BCUT2D eigenvalue weighted by Crippen LogP contribution is 2.26. The van der Waals surface area contributed by atoms with Crippen LogP contribution in [-0.2, 0) is 0 Å². The van der Waals surface area contributed by atoms with Crippen molar-refractivity contribution >= 4 is 41.7 Å². The molecule has 0 saturated heterocycles. The molecule has 0 aromatic rings. The summed E-state index contributed by atoms with van der Waals surface area (Å²) in [6, 6.07) is 1.35. The van der Waals surface area contributed by atoms with Crippen molar-refractivity contribution in [2.75, 3.05) is 33.4 Å². The van der Waals surface area contributed by atoms with Gasteiger partial charge in [0.25, 0.3) is 0 Å². The number of hydrogen-bond donors (Lipinski definition) is 2. The summed E-state index contributed by atoms with van der Waals surface area (Å²) < 4.78 is 0.230. The van der Waals surface area contributed by atoms with Crippen LogP contribution in [0.2, 0.25) is 0 Å². The average Bonchev–Trinajstić information content (AvgIpc) is 3.22. The fourth-order valence-electron chi connectivity index (χ4n) is 1.82. The fraction of sp³-hybridized carbons (Fsp3) is 0.929. The summed E-state index contributed by atoms with van der Waals surface area (Å²) in [5.41, 5.74) is 0. The number of likely N-dealkylation sites (N-methyl/N-ethyl adjacent to an activating group) is 1. The van der Waals surface area contributed by atoms with Crippen LogP contribution >= 0.6 is 35.7 Å². The van der Waals surface area contributed by atoms with E-state index < -0.39 is 0 Å². The molecule has 0 spiro atoms. The van der Waals surface area contributed by atoms with Crippen molar-refractivity contribution in [2.45, 2.75) is 50.4 Å². The lowest BCUT2D eigenvalue weighted by molar-refractivity contribution is 0.247. The molecule has 0 aromatic heterocycles. The fourth-order valence-corrected chi connectivity index (χ4v) is 2.04. The van der Waals surface area contributed by atoms with Crippen molar-refractivity contribution in [2.24, 2.45) is 4.99 Å². The molecule has 1 atom stereocenters. The first-order valence-corrected chi connectivity index (χ1v) is 8.33. The van der Waals surface area contributed by atoms with Gasteiger partial charge in [-0.05, 0) is 46.9 Å². The summed E-state index contributed by atoms with van der Waals surface area (Å²) in [5.74, 6) is 0.901. The molecule has 1 aliphatic carbocycles. The Morgan fingerprint density at radius 2 is 2.00 bits per heavy atom. The highest BCUT2D eigenvalue weighted by molar-refractivity contribution is 14.0. The third kappa shape index (κ3) is 7.36. The minimum absolute atomic E-state index is 0. The normalized spacial score (nSPS) is 17.6. The van der Waals surface area contributed by atoms with Crippen LogP contribution in [0.15, 0.2) is 4.99 Å². The third-order valence-corrected chi connectivity index (χ3v) is 5.09. The first-order chi connectivity index (χ1) is 8.89. The zero-order valence-corrected chi connectivity index (χ0v) is 16.8. The lowest BCUT2D eigenvalue weighted by Gasteiger charge is -2.27. The summed E-state index contributed by atoms with van der Waals surface area (Å²) in [6.45, 7) is 8.60. The van der Waals surface area contributed by atoms with Gasteiger partial charge < -0.3 is 10.6 Å². The molecule has 20 heavy (non-hydrogen) atoms. The van der Waals surface area contributed by atoms with Crippen LogP contribution < -0.4 is 10.6 Å². The van der Waals surface area contributed by atoms with E-state index in [1.54, 1.807) is 0 Å². The summed E-state index contributed by atoms with van der Waals surface area (Å²) >= 11 is 1.87. The molecule has 120 valence electrons. The van der Waals surface area contributed by atoms with E-state index in [1.165, 1.54) is 12.8 Å². The molecule has 6 heteroatoms. The van der Waals surface area contributed by atoms with Gasteiger partial charge in [0, 0.05) is 37.0 Å². The second kappa shape index (κ2) is 9.35. The Morgan fingerprint density at radius 1 is 1.40 bits per heavy atom. The van der Waals surface area contributed by atoms with Crippen LogP contribution in [0.3, 0.4) is 0 Å². The monoisotopic (exact) mass is 414 g/mol. The minimum atomic E-state index is 0. The van der Waals surface area contributed by atoms with E-state index in [2.05, 4.69) is 54.6 Å². The Kier molecular flexibility index (Phi) is 9.50. The smallest absolute Gasteiger partial charge is 0.191 e. The van der Waals surface area contributed by atoms with Gasteiger partial charge in [-0.15, -0.1) is 24.0 Å². The second-order valence-corrected chi connectivity index (χ2v) is 7.53. The summed E-state index contributed by atoms with van der Waals surface area (Å²) in [6.07, 6.45) is 4.86. The topological polar surface area (TPSA) is 39.7 Å². The molecule has 0 amide bonds. The predicted molar refractivity (Wildman–Crippen MR) is 103 cm³/mol. The van der Waals surface area contributed by atoms with Crippen LogP contribution in [-0.4, -0.2) is 61.1 Å².